The van der Waals surface area contributed by atoms with Gasteiger partial charge in [-0.25, -0.2) is 0 Å². The van der Waals surface area contributed by atoms with E-state index in [1.807, 2.05) is 0 Å². The number of para-hydroxylation sites is 1. The topological polar surface area (TPSA) is 59.1 Å². The highest BCUT2D eigenvalue weighted by molar-refractivity contribution is 6.00. The number of hydrogen-bond acceptors (Lipinski definition) is 4. The summed E-state index contributed by atoms with van der Waals surface area (Å²) in [6.45, 7) is 0.132. The third kappa shape index (κ3) is 5.03. The molecule has 1 fully saturated rings. The van der Waals surface area contributed by atoms with E-state index in [1.165, 1.54) is 35.0 Å². The Morgan fingerprint density at radius 2 is 1.83 bits per heavy atom. The van der Waals surface area contributed by atoms with E-state index in [2.05, 4.69) is 4.74 Å². The molecule has 3 rings (SSSR count). The summed E-state index contributed by atoms with van der Waals surface area (Å²) < 4.78 is 47.0. The van der Waals surface area contributed by atoms with Crippen LogP contribution < -0.4 is 14.4 Å². The summed E-state index contributed by atoms with van der Waals surface area (Å²) in [7, 11) is 3.03. The Hall–Kier alpha value is -3.23. The zero-order chi connectivity index (χ0) is 21.9. The molecule has 0 spiro atoms. The van der Waals surface area contributed by atoms with Gasteiger partial charge >= 0.3 is 6.36 Å². The molecule has 1 saturated heterocycles. The Kier molecular flexibility index (Phi) is 6.19. The van der Waals surface area contributed by atoms with Crippen molar-refractivity contribution >= 4 is 17.5 Å². The van der Waals surface area contributed by atoms with Gasteiger partial charge in [0.25, 0.3) is 0 Å². The minimum atomic E-state index is -4.82. The molecule has 0 saturated carbocycles. The molecule has 1 atom stereocenters. The number of hydrogen-bond donors (Lipinski definition) is 0. The first-order valence-electron chi connectivity index (χ1n) is 9.21. The van der Waals surface area contributed by atoms with Crippen molar-refractivity contribution in [3.05, 3.63) is 54.1 Å². The van der Waals surface area contributed by atoms with Crippen LogP contribution in [0, 0.1) is 5.92 Å². The fourth-order valence-electron chi connectivity index (χ4n) is 3.39. The number of amides is 2. The van der Waals surface area contributed by atoms with Crippen molar-refractivity contribution in [1.29, 1.82) is 0 Å². The Morgan fingerprint density at radius 3 is 2.47 bits per heavy atom. The van der Waals surface area contributed by atoms with Gasteiger partial charge in [-0.15, -0.1) is 13.2 Å². The molecule has 0 aromatic heterocycles. The van der Waals surface area contributed by atoms with E-state index in [4.69, 9.17) is 4.74 Å². The largest absolute Gasteiger partial charge is 0.573 e. The van der Waals surface area contributed by atoms with Crippen molar-refractivity contribution in [3.8, 4) is 11.5 Å². The van der Waals surface area contributed by atoms with E-state index < -0.39 is 12.3 Å². The van der Waals surface area contributed by atoms with Crippen molar-refractivity contribution in [2.24, 2.45) is 5.92 Å². The quantitative estimate of drug-likeness (QED) is 0.714. The maximum Gasteiger partial charge on any atom is 0.573 e. The predicted octanol–water partition coefficient (Wildman–Crippen LogP) is 3.61. The monoisotopic (exact) mass is 422 g/mol. The molecule has 2 aromatic carbocycles. The van der Waals surface area contributed by atoms with Gasteiger partial charge in [-0.05, 0) is 30.3 Å². The molecule has 9 heteroatoms. The third-order valence-electron chi connectivity index (χ3n) is 4.84. The van der Waals surface area contributed by atoms with Crippen LogP contribution in [-0.2, 0) is 16.1 Å². The van der Waals surface area contributed by atoms with E-state index in [0.717, 1.165) is 0 Å². The Morgan fingerprint density at radius 1 is 1.17 bits per heavy atom. The number of benzene rings is 2. The van der Waals surface area contributed by atoms with Crippen molar-refractivity contribution < 1.29 is 32.2 Å². The van der Waals surface area contributed by atoms with Crippen LogP contribution in [0.4, 0.5) is 18.9 Å². The predicted molar refractivity (Wildman–Crippen MR) is 103 cm³/mol. The van der Waals surface area contributed by atoms with Gasteiger partial charge in [0.15, 0.2) is 0 Å². The zero-order valence-corrected chi connectivity index (χ0v) is 16.5. The molecule has 30 heavy (non-hydrogen) atoms. The van der Waals surface area contributed by atoms with Crippen LogP contribution in [0.1, 0.15) is 12.0 Å². The highest BCUT2D eigenvalue weighted by Gasteiger charge is 2.37. The number of nitrogens with zero attached hydrogens (tertiary/aromatic N) is 2. The van der Waals surface area contributed by atoms with E-state index in [0.29, 0.717) is 11.4 Å². The van der Waals surface area contributed by atoms with Crippen LogP contribution in [0.3, 0.4) is 0 Å². The maximum atomic E-state index is 12.8. The number of anilines is 1. The van der Waals surface area contributed by atoms with E-state index >= 15 is 0 Å². The standard InChI is InChI=1S/C21H21F3N2O4/c1-25(12-14-5-3-4-6-18(14)30-21(22,23)24)20(28)15-11-19(27)26(13-15)16-7-9-17(29-2)10-8-16/h3-10,15H,11-13H2,1-2H3. The number of rotatable bonds is 6. The average molecular weight is 422 g/mol. The number of carbonyl (C=O) groups excluding carboxylic acids is 2. The van der Waals surface area contributed by atoms with Crippen LogP contribution in [0.15, 0.2) is 48.5 Å². The lowest BCUT2D eigenvalue weighted by Gasteiger charge is -2.23. The van der Waals surface area contributed by atoms with Gasteiger partial charge in [0.1, 0.15) is 11.5 Å². The first kappa shape index (κ1) is 21.5. The molecule has 6 nitrogen and oxygen atoms in total. The second-order valence-corrected chi connectivity index (χ2v) is 6.95. The van der Waals surface area contributed by atoms with Crippen LogP contribution in [0.25, 0.3) is 0 Å². The molecular weight excluding hydrogens is 401 g/mol. The number of alkyl halides is 3. The lowest BCUT2D eigenvalue weighted by Crippen LogP contribution is -2.34. The lowest BCUT2D eigenvalue weighted by molar-refractivity contribution is -0.275. The third-order valence-corrected chi connectivity index (χ3v) is 4.84. The molecule has 1 unspecified atom stereocenters. The smallest absolute Gasteiger partial charge is 0.497 e. The number of halogens is 3. The minimum absolute atomic E-state index is 0.0376. The summed E-state index contributed by atoms with van der Waals surface area (Å²) in [5, 5.41) is 0. The van der Waals surface area contributed by atoms with Gasteiger partial charge in [-0.3, -0.25) is 9.59 Å². The Labute approximate surface area is 171 Å². The van der Waals surface area contributed by atoms with Gasteiger partial charge in [0.2, 0.25) is 11.8 Å². The Bertz CT molecular complexity index is 915. The maximum absolute atomic E-state index is 12.8. The first-order chi connectivity index (χ1) is 14.2. The number of methoxy groups -OCH3 is 1. The van der Waals surface area contributed by atoms with Crippen molar-refractivity contribution in [3.63, 3.8) is 0 Å². The fraction of sp³-hybridized carbons (Fsp3) is 0.333. The summed E-state index contributed by atoms with van der Waals surface area (Å²) in [6.07, 6.45) is -4.79. The molecule has 160 valence electrons. The van der Waals surface area contributed by atoms with Crippen LogP contribution in [0.2, 0.25) is 0 Å². The second-order valence-electron chi connectivity index (χ2n) is 6.95. The van der Waals surface area contributed by atoms with E-state index in [-0.39, 0.29) is 42.6 Å². The molecule has 2 amide bonds. The van der Waals surface area contributed by atoms with Gasteiger partial charge in [0, 0.05) is 37.8 Å². The highest BCUT2D eigenvalue weighted by Crippen LogP contribution is 2.30. The normalized spacial score (nSPS) is 16.5. The molecule has 0 N–H and O–H groups in total. The van der Waals surface area contributed by atoms with E-state index in [1.54, 1.807) is 37.4 Å². The summed E-state index contributed by atoms with van der Waals surface area (Å²) >= 11 is 0. The minimum Gasteiger partial charge on any atom is -0.497 e. The number of carbonyl (C=O) groups is 2. The summed E-state index contributed by atoms with van der Waals surface area (Å²) in [5.41, 5.74) is 0.879. The van der Waals surface area contributed by atoms with Crippen LogP contribution >= 0.6 is 0 Å². The fourth-order valence-corrected chi connectivity index (χ4v) is 3.39. The van der Waals surface area contributed by atoms with Crippen molar-refractivity contribution in [1.82, 2.24) is 4.90 Å². The molecule has 0 bridgehead atoms. The average Bonchev–Trinajstić information content (AvgIpc) is 3.09. The molecule has 1 aliphatic heterocycles. The zero-order valence-electron chi connectivity index (χ0n) is 16.5. The first-order valence-corrected chi connectivity index (χ1v) is 9.21. The molecule has 1 heterocycles. The van der Waals surface area contributed by atoms with Crippen LogP contribution in [-0.4, -0.2) is 43.8 Å². The highest BCUT2D eigenvalue weighted by atomic mass is 19.4. The molecular formula is C21H21F3N2O4. The summed E-state index contributed by atoms with van der Waals surface area (Å²) in [5.74, 6) is -0.793. The van der Waals surface area contributed by atoms with Gasteiger partial charge in [-0.1, -0.05) is 18.2 Å². The summed E-state index contributed by atoms with van der Waals surface area (Å²) in [6, 6.07) is 12.6. The molecule has 2 aromatic rings. The van der Waals surface area contributed by atoms with Crippen molar-refractivity contribution in [2.75, 3.05) is 25.6 Å². The van der Waals surface area contributed by atoms with E-state index in [9.17, 15) is 22.8 Å². The van der Waals surface area contributed by atoms with Crippen LogP contribution in [0.5, 0.6) is 11.5 Å². The molecule has 0 aliphatic carbocycles. The molecule has 0 radical (unpaired) electrons. The van der Waals surface area contributed by atoms with Gasteiger partial charge < -0.3 is 19.3 Å². The van der Waals surface area contributed by atoms with Gasteiger partial charge in [0.05, 0.1) is 13.0 Å². The molecule has 1 aliphatic rings. The SMILES string of the molecule is COc1ccc(N2CC(C(=O)N(C)Cc3ccccc3OC(F)(F)F)CC2=O)cc1. The lowest BCUT2D eigenvalue weighted by atomic mass is 10.1. The second kappa shape index (κ2) is 8.64. The summed E-state index contributed by atoms with van der Waals surface area (Å²) in [4.78, 5) is 28.1. The number of ether oxygens (including phenoxy) is 2. The van der Waals surface area contributed by atoms with Gasteiger partial charge in [-0.2, -0.15) is 0 Å². The Balaban J connectivity index is 1.68. The van der Waals surface area contributed by atoms with Crippen molar-refractivity contribution in [2.45, 2.75) is 19.3 Å².